The SMILES string of the molecule is CC(=O)NNc1c(F)c(F)c2c(F)c(F)c(F)c(F)c2c1F. The maximum atomic E-state index is 14.0. The molecule has 0 spiro atoms. The second-order valence-corrected chi connectivity index (χ2v) is 4.13. The van der Waals surface area contributed by atoms with Gasteiger partial charge in [0.1, 0.15) is 5.69 Å². The summed E-state index contributed by atoms with van der Waals surface area (Å²) in [6.07, 6.45) is 0. The molecule has 2 N–H and O–H groups in total. The summed E-state index contributed by atoms with van der Waals surface area (Å²) in [5.41, 5.74) is 1.88. The Morgan fingerprint density at radius 3 is 1.55 bits per heavy atom. The highest BCUT2D eigenvalue weighted by atomic mass is 19.2. The molecule has 0 bridgehead atoms. The third-order valence-electron chi connectivity index (χ3n) is 2.70. The van der Waals surface area contributed by atoms with Crippen LogP contribution >= 0.6 is 0 Å². The highest BCUT2D eigenvalue weighted by Gasteiger charge is 2.30. The molecule has 10 heteroatoms. The van der Waals surface area contributed by atoms with Crippen molar-refractivity contribution in [2.45, 2.75) is 6.92 Å². The molecule has 0 aromatic heterocycles. The summed E-state index contributed by atoms with van der Waals surface area (Å²) in [4.78, 5) is 10.7. The van der Waals surface area contributed by atoms with E-state index in [9.17, 15) is 35.5 Å². The lowest BCUT2D eigenvalue weighted by Gasteiger charge is -2.13. The minimum absolute atomic E-state index is 0.851. The second-order valence-electron chi connectivity index (χ2n) is 4.13. The maximum absolute atomic E-state index is 14.0. The fourth-order valence-corrected chi connectivity index (χ4v) is 1.74. The summed E-state index contributed by atoms with van der Waals surface area (Å²) < 4.78 is 94.6. The van der Waals surface area contributed by atoms with Crippen molar-refractivity contribution in [2.75, 3.05) is 5.43 Å². The average Bonchev–Trinajstić information content (AvgIpc) is 2.46. The Morgan fingerprint density at radius 2 is 1.09 bits per heavy atom. The average molecular weight is 326 g/mol. The molecule has 0 radical (unpaired) electrons. The molecule has 1 amide bonds. The van der Waals surface area contributed by atoms with Crippen LogP contribution in [-0.2, 0) is 4.79 Å². The normalized spacial score (nSPS) is 10.9. The molecule has 0 fully saturated rings. The van der Waals surface area contributed by atoms with Crippen molar-refractivity contribution in [3.05, 3.63) is 40.7 Å². The number of halogens is 7. The molecule has 22 heavy (non-hydrogen) atoms. The van der Waals surface area contributed by atoms with Crippen LogP contribution in [0.5, 0.6) is 0 Å². The molecule has 2 rings (SSSR count). The second kappa shape index (κ2) is 5.35. The van der Waals surface area contributed by atoms with Gasteiger partial charge in [-0.2, -0.15) is 0 Å². The fourth-order valence-electron chi connectivity index (χ4n) is 1.74. The number of anilines is 1. The summed E-state index contributed by atoms with van der Waals surface area (Å²) in [7, 11) is 0. The van der Waals surface area contributed by atoms with E-state index in [4.69, 9.17) is 0 Å². The fraction of sp³-hybridized carbons (Fsp3) is 0.0833. The van der Waals surface area contributed by atoms with Crippen LogP contribution in [0.25, 0.3) is 10.8 Å². The molecule has 0 aliphatic rings. The van der Waals surface area contributed by atoms with E-state index in [1.54, 1.807) is 10.9 Å². The molecule has 0 aliphatic heterocycles. The lowest BCUT2D eigenvalue weighted by molar-refractivity contribution is -0.118. The van der Waals surface area contributed by atoms with Gasteiger partial charge in [-0.15, -0.1) is 0 Å². The minimum Gasteiger partial charge on any atom is -0.293 e. The summed E-state index contributed by atoms with van der Waals surface area (Å²) in [5.74, 6) is -16.3. The molecule has 2 aromatic rings. The van der Waals surface area contributed by atoms with E-state index in [1.165, 1.54) is 0 Å². The van der Waals surface area contributed by atoms with Crippen LogP contribution in [0.2, 0.25) is 0 Å². The number of rotatable bonds is 2. The van der Waals surface area contributed by atoms with Gasteiger partial charge < -0.3 is 0 Å². The van der Waals surface area contributed by atoms with Gasteiger partial charge in [0.25, 0.3) is 0 Å². The van der Waals surface area contributed by atoms with Gasteiger partial charge in [-0.05, 0) is 0 Å². The van der Waals surface area contributed by atoms with Crippen molar-refractivity contribution in [3.8, 4) is 0 Å². The molecule has 3 nitrogen and oxygen atoms in total. The first-order chi connectivity index (χ1) is 10.2. The number of hydrogen-bond acceptors (Lipinski definition) is 2. The predicted molar refractivity (Wildman–Crippen MR) is 61.1 cm³/mol. The van der Waals surface area contributed by atoms with Crippen molar-refractivity contribution >= 4 is 22.4 Å². The molecule has 0 atom stereocenters. The number of nitrogens with one attached hydrogen (secondary N) is 2. The predicted octanol–water partition coefficient (Wildman–Crippen LogP) is 3.28. The number of hydrazine groups is 1. The van der Waals surface area contributed by atoms with E-state index < -0.39 is 63.1 Å². The van der Waals surface area contributed by atoms with Crippen molar-refractivity contribution < 1.29 is 35.5 Å². The van der Waals surface area contributed by atoms with Crippen LogP contribution in [-0.4, -0.2) is 5.91 Å². The van der Waals surface area contributed by atoms with Crippen LogP contribution in [0.1, 0.15) is 6.92 Å². The third kappa shape index (κ3) is 2.20. The van der Waals surface area contributed by atoms with Crippen LogP contribution < -0.4 is 10.9 Å². The highest BCUT2D eigenvalue weighted by molar-refractivity contribution is 5.89. The van der Waals surface area contributed by atoms with Gasteiger partial charge in [0.2, 0.25) is 5.91 Å². The van der Waals surface area contributed by atoms with E-state index in [1.807, 2.05) is 0 Å². The Kier molecular flexibility index (Phi) is 3.86. The summed E-state index contributed by atoms with van der Waals surface area (Å²) in [5, 5.41) is -3.36. The molecule has 0 heterocycles. The van der Waals surface area contributed by atoms with Gasteiger partial charge >= 0.3 is 0 Å². The summed E-state index contributed by atoms with van der Waals surface area (Å²) in [6.45, 7) is 0.926. The van der Waals surface area contributed by atoms with Gasteiger partial charge in [-0.1, -0.05) is 0 Å². The van der Waals surface area contributed by atoms with E-state index in [-0.39, 0.29) is 0 Å². The molecule has 0 saturated heterocycles. The smallest absolute Gasteiger partial charge is 0.235 e. The van der Waals surface area contributed by atoms with Crippen molar-refractivity contribution in [3.63, 3.8) is 0 Å². The van der Waals surface area contributed by atoms with E-state index in [0.29, 0.717) is 0 Å². The van der Waals surface area contributed by atoms with E-state index >= 15 is 0 Å². The number of benzene rings is 2. The lowest BCUT2D eigenvalue weighted by atomic mass is 10.1. The van der Waals surface area contributed by atoms with E-state index in [2.05, 4.69) is 0 Å². The highest BCUT2D eigenvalue weighted by Crippen LogP contribution is 2.36. The first-order valence-electron chi connectivity index (χ1n) is 5.53. The van der Waals surface area contributed by atoms with Gasteiger partial charge in [-0.25, -0.2) is 30.7 Å². The zero-order chi connectivity index (χ0) is 16.8. The standard InChI is InChI=1S/C12H5F7N2O/c1-2(22)20-21-12-8(16)4-3(7(15)11(12)19)5(13)9(17)10(18)6(4)14/h21H,1H3,(H,20,22). The van der Waals surface area contributed by atoms with Gasteiger partial charge in [0, 0.05) is 6.92 Å². The van der Waals surface area contributed by atoms with Crippen LogP contribution in [0.15, 0.2) is 0 Å². The molecule has 0 saturated carbocycles. The van der Waals surface area contributed by atoms with Gasteiger partial charge in [0.15, 0.2) is 40.7 Å². The summed E-state index contributed by atoms with van der Waals surface area (Å²) >= 11 is 0. The molecule has 2 aromatic carbocycles. The quantitative estimate of drug-likeness (QED) is 0.385. The maximum Gasteiger partial charge on any atom is 0.235 e. The number of carbonyl (C=O) groups is 1. The van der Waals surface area contributed by atoms with Gasteiger partial charge in [-0.3, -0.25) is 15.6 Å². The lowest BCUT2D eigenvalue weighted by Crippen LogP contribution is -2.28. The number of amides is 1. The topological polar surface area (TPSA) is 41.1 Å². The van der Waals surface area contributed by atoms with Gasteiger partial charge in [0.05, 0.1) is 10.8 Å². The molecule has 0 aliphatic carbocycles. The number of fused-ring (bicyclic) bond motifs is 1. The first kappa shape index (κ1) is 15.9. The Morgan fingerprint density at radius 1 is 0.682 bits per heavy atom. The monoisotopic (exact) mass is 326 g/mol. The molecule has 118 valence electrons. The molecule has 0 unspecified atom stereocenters. The minimum atomic E-state index is -2.41. The van der Waals surface area contributed by atoms with Crippen molar-refractivity contribution in [1.29, 1.82) is 0 Å². The Bertz CT molecular complexity index is 807. The first-order valence-corrected chi connectivity index (χ1v) is 5.53. The largest absolute Gasteiger partial charge is 0.293 e. The van der Waals surface area contributed by atoms with Crippen LogP contribution in [0, 0.1) is 40.7 Å². The number of hydrogen-bond donors (Lipinski definition) is 2. The Labute approximate surface area is 117 Å². The Hall–Kier alpha value is -2.52. The number of carbonyl (C=O) groups excluding carboxylic acids is 1. The van der Waals surface area contributed by atoms with Crippen LogP contribution in [0.3, 0.4) is 0 Å². The molecular weight excluding hydrogens is 321 g/mol. The zero-order valence-corrected chi connectivity index (χ0v) is 10.6. The Balaban J connectivity index is 2.91. The third-order valence-corrected chi connectivity index (χ3v) is 2.70. The van der Waals surface area contributed by atoms with E-state index in [0.717, 1.165) is 6.92 Å². The van der Waals surface area contributed by atoms with Crippen molar-refractivity contribution in [2.24, 2.45) is 0 Å². The summed E-state index contributed by atoms with van der Waals surface area (Å²) in [6, 6.07) is 0. The zero-order valence-electron chi connectivity index (χ0n) is 10.6. The van der Waals surface area contributed by atoms with Crippen molar-refractivity contribution in [1.82, 2.24) is 5.43 Å². The van der Waals surface area contributed by atoms with Crippen LogP contribution in [0.4, 0.5) is 36.4 Å². The molecular formula is C12H5F7N2O.